The van der Waals surface area contributed by atoms with Gasteiger partial charge in [0.15, 0.2) is 0 Å². The topological polar surface area (TPSA) is 23.8 Å². The van der Waals surface area contributed by atoms with E-state index < -0.39 is 0 Å². The Bertz CT molecular complexity index is 319. The van der Waals surface area contributed by atoms with Gasteiger partial charge in [0.05, 0.1) is 9.86 Å². The molecule has 0 aliphatic heterocycles. The minimum atomic E-state index is 1.02. The minimum absolute atomic E-state index is 1.02. The number of nitriles is 1. The van der Waals surface area contributed by atoms with Gasteiger partial charge in [-0.15, -0.1) is 11.3 Å². The maximum Gasteiger partial charge on any atom is 0.0915 e. The standard InChI is InChI=1S/C8H6BrNS/c1-6(4-5-10)7-2-3-8(9)11-7/h2-4H,1H3. The summed E-state index contributed by atoms with van der Waals surface area (Å²) in [5.74, 6) is 0. The first kappa shape index (κ1) is 8.51. The Kier molecular flexibility index (Phi) is 2.86. The molecule has 1 aromatic heterocycles. The van der Waals surface area contributed by atoms with Crippen molar-refractivity contribution in [3.63, 3.8) is 0 Å². The summed E-state index contributed by atoms with van der Waals surface area (Å²) in [5.41, 5.74) is 1.02. The van der Waals surface area contributed by atoms with E-state index in [4.69, 9.17) is 5.26 Å². The predicted octanol–water partition coefficient (Wildman–Crippen LogP) is 3.44. The molecular weight excluding hydrogens is 222 g/mol. The normalized spacial score (nSPS) is 11.2. The first-order chi connectivity index (χ1) is 5.24. The first-order valence-electron chi connectivity index (χ1n) is 3.06. The van der Waals surface area contributed by atoms with Crippen molar-refractivity contribution in [1.29, 1.82) is 5.26 Å². The maximum absolute atomic E-state index is 8.37. The highest BCUT2D eigenvalue weighted by Crippen LogP contribution is 2.27. The van der Waals surface area contributed by atoms with Crippen LogP contribution in [0.25, 0.3) is 5.57 Å². The average molecular weight is 228 g/mol. The molecule has 0 aliphatic carbocycles. The molecular formula is C8H6BrNS. The number of thiophene rings is 1. The molecule has 1 aromatic rings. The van der Waals surface area contributed by atoms with Crippen LogP contribution in [0.15, 0.2) is 22.0 Å². The first-order valence-corrected chi connectivity index (χ1v) is 4.67. The second-order valence-electron chi connectivity index (χ2n) is 2.06. The molecule has 0 aromatic carbocycles. The lowest BCUT2D eigenvalue weighted by Crippen LogP contribution is -1.67. The van der Waals surface area contributed by atoms with E-state index >= 15 is 0 Å². The van der Waals surface area contributed by atoms with E-state index in [9.17, 15) is 0 Å². The summed E-state index contributed by atoms with van der Waals surface area (Å²) < 4.78 is 1.10. The van der Waals surface area contributed by atoms with E-state index in [1.807, 2.05) is 25.1 Å². The third-order valence-corrected chi connectivity index (χ3v) is 3.00. The van der Waals surface area contributed by atoms with Gasteiger partial charge in [-0.2, -0.15) is 5.26 Å². The third-order valence-electron chi connectivity index (χ3n) is 1.24. The van der Waals surface area contributed by atoms with Gasteiger partial charge in [-0.25, -0.2) is 0 Å². The summed E-state index contributed by atoms with van der Waals surface area (Å²) in [6.07, 6.45) is 1.55. The van der Waals surface area contributed by atoms with Gasteiger partial charge in [-0.1, -0.05) is 0 Å². The second kappa shape index (κ2) is 3.70. The third kappa shape index (κ3) is 2.18. The van der Waals surface area contributed by atoms with Crippen LogP contribution in [0, 0.1) is 11.3 Å². The maximum atomic E-state index is 8.37. The second-order valence-corrected chi connectivity index (χ2v) is 4.52. The van der Waals surface area contributed by atoms with Crippen molar-refractivity contribution in [2.24, 2.45) is 0 Å². The quantitative estimate of drug-likeness (QED) is 0.675. The number of hydrogen-bond donors (Lipinski definition) is 0. The molecule has 0 unspecified atom stereocenters. The van der Waals surface area contributed by atoms with Crippen LogP contribution in [0.5, 0.6) is 0 Å². The summed E-state index contributed by atoms with van der Waals surface area (Å²) in [7, 11) is 0. The van der Waals surface area contributed by atoms with Crippen molar-refractivity contribution >= 4 is 32.8 Å². The molecule has 1 nitrogen and oxygen atoms in total. The van der Waals surface area contributed by atoms with Crippen LogP contribution in [-0.2, 0) is 0 Å². The van der Waals surface area contributed by atoms with E-state index in [0.29, 0.717) is 0 Å². The highest BCUT2D eigenvalue weighted by atomic mass is 79.9. The fourth-order valence-corrected chi connectivity index (χ4v) is 2.05. The Balaban J connectivity index is 2.95. The SMILES string of the molecule is CC(=CC#N)c1ccc(Br)s1. The number of halogens is 1. The van der Waals surface area contributed by atoms with Gasteiger partial charge in [0.25, 0.3) is 0 Å². The smallest absolute Gasteiger partial charge is 0.0915 e. The van der Waals surface area contributed by atoms with Crippen LogP contribution in [0.2, 0.25) is 0 Å². The van der Waals surface area contributed by atoms with Gasteiger partial charge >= 0.3 is 0 Å². The van der Waals surface area contributed by atoms with Crippen molar-refractivity contribution < 1.29 is 0 Å². The van der Waals surface area contributed by atoms with Crippen LogP contribution >= 0.6 is 27.3 Å². The van der Waals surface area contributed by atoms with Crippen LogP contribution in [0.4, 0.5) is 0 Å². The molecule has 0 N–H and O–H groups in total. The van der Waals surface area contributed by atoms with Gasteiger partial charge < -0.3 is 0 Å². The summed E-state index contributed by atoms with van der Waals surface area (Å²) in [6, 6.07) is 5.98. The molecule has 0 amide bonds. The minimum Gasteiger partial charge on any atom is -0.193 e. The van der Waals surface area contributed by atoms with Gasteiger partial charge in [-0.3, -0.25) is 0 Å². The van der Waals surface area contributed by atoms with Gasteiger partial charge in [0.1, 0.15) is 0 Å². The van der Waals surface area contributed by atoms with Gasteiger partial charge in [0.2, 0.25) is 0 Å². The number of nitrogens with zero attached hydrogens (tertiary/aromatic N) is 1. The Morgan fingerprint density at radius 3 is 2.91 bits per heavy atom. The van der Waals surface area contributed by atoms with Crippen LogP contribution in [-0.4, -0.2) is 0 Å². The van der Waals surface area contributed by atoms with Crippen molar-refractivity contribution in [2.45, 2.75) is 6.92 Å². The van der Waals surface area contributed by atoms with Gasteiger partial charge in [-0.05, 0) is 40.6 Å². The Labute approximate surface area is 78.1 Å². The molecule has 1 heterocycles. The van der Waals surface area contributed by atoms with Crippen LogP contribution in [0.1, 0.15) is 11.8 Å². The number of allylic oxidation sites excluding steroid dienone is 2. The predicted molar refractivity (Wildman–Crippen MR) is 51.3 cm³/mol. The van der Waals surface area contributed by atoms with Gasteiger partial charge in [0, 0.05) is 11.0 Å². The lowest BCUT2D eigenvalue weighted by atomic mass is 10.2. The molecule has 0 radical (unpaired) electrons. The monoisotopic (exact) mass is 227 g/mol. The van der Waals surface area contributed by atoms with E-state index in [-0.39, 0.29) is 0 Å². The molecule has 0 saturated heterocycles. The molecule has 1 rings (SSSR count). The molecule has 0 spiro atoms. The van der Waals surface area contributed by atoms with Crippen LogP contribution < -0.4 is 0 Å². The zero-order chi connectivity index (χ0) is 8.27. The molecule has 3 heteroatoms. The lowest BCUT2D eigenvalue weighted by molar-refractivity contribution is 1.53. The highest BCUT2D eigenvalue weighted by Gasteiger charge is 1.97. The van der Waals surface area contributed by atoms with Crippen molar-refractivity contribution in [2.75, 3.05) is 0 Å². The highest BCUT2D eigenvalue weighted by molar-refractivity contribution is 9.11. The van der Waals surface area contributed by atoms with Crippen molar-refractivity contribution in [3.8, 4) is 6.07 Å². The molecule has 0 fully saturated rings. The van der Waals surface area contributed by atoms with Crippen molar-refractivity contribution in [3.05, 3.63) is 26.9 Å². The average Bonchev–Trinajstić information content (AvgIpc) is 2.36. The van der Waals surface area contributed by atoms with E-state index in [2.05, 4.69) is 15.9 Å². The van der Waals surface area contributed by atoms with Crippen molar-refractivity contribution in [1.82, 2.24) is 0 Å². The zero-order valence-corrected chi connectivity index (χ0v) is 8.37. The largest absolute Gasteiger partial charge is 0.193 e. The fraction of sp³-hybridized carbons (Fsp3) is 0.125. The Morgan fingerprint density at radius 2 is 2.45 bits per heavy atom. The Hall–Kier alpha value is -0.590. The van der Waals surface area contributed by atoms with Crippen LogP contribution in [0.3, 0.4) is 0 Å². The number of rotatable bonds is 1. The number of hydrogen-bond acceptors (Lipinski definition) is 2. The van der Waals surface area contributed by atoms with E-state index in [1.165, 1.54) is 0 Å². The summed E-state index contributed by atoms with van der Waals surface area (Å²) in [6.45, 7) is 1.93. The van der Waals surface area contributed by atoms with E-state index in [0.717, 1.165) is 14.2 Å². The molecule has 0 aliphatic rings. The zero-order valence-electron chi connectivity index (χ0n) is 5.97. The summed E-state index contributed by atoms with van der Waals surface area (Å²) >= 11 is 4.99. The lowest BCUT2D eigenvalue weighted by Gasteiger charge is -1.89. The fourth-order valence-electron chi connectivity index (χ4n) is 0.694. The molecule has 56 valence electrons. The Morgan fingerprint density at radius 1 is 1.73 bits per heavy atom. The molecule has 11 heavy (non-hydrogen) atoms. The summed E-state index contributed by atoms with van der Waals surface area (Å²) in [4.78, 5) is 1.14. The molecule has 0 atom stereocenters. The van der Waals surface area contributed by atoms with E-state index in [1.54, 1.807) is 17.4 Å². The molecule has 0 saturated carbocycles. The molecule has 0 bridgehead atoms. The summed E-state index contributed by atoms with van der Waals surface area (Å²) in [5, 5.41) is 8.37.